The van der Waals surface area contributed by atoms with E-state index in [-0.39, 0.29) is 18.6 Å². The molecule has 7 heteroatoms. The molecule has 18 heavy (non-hydrogen) atoms. The fraction of sp³-hybridized carbons (Fsp3) is 0.636. The van der Waals surface area contributed by atoms with E-state index >= 15 is 0 Å². The molecule has 7 nitrogen and oxygen atoms in total. The number of hydrogen-bond acceptors (Lipinski definition) is 5. The van der Waals surface area contributed by atoms with Crippen molar-refractivity contribution in [1.82, 2.24) is 15.1 Å². The van der Waals surface area contributed by atoms with Gasteiger partial charge in [-0.2, -0.15) is 5.10 Å². The van der Waals surface area contributed by atoms with E-state index in [1.165, 1.54) is 10.9 Å². The zero-order valence-electron chi connectivity index (χ0n) is 10.5. The molecule has 1 aliphatic heterocycles. The minimum atomic E-state index is -1.01. The third-order valence-corrected chi connectivity index (χ3v) is 3.40. The van der Waals surface area contributed by atoms with Crippen LogP contribution in [0.3, 0.4) is 0 Å². The lowest BCUT2D eigenvalue weighted by Gasteiger charge is -2.26. The molecule has 1 amide bonds. The second-order valence-electron chi connectivity index (χ2n) is 4.62. The highest BCUT2D eigenvalue weighted by molar-refractivity contribution is 5.97. The van der Waals surface area contributed by atoms with Crippen molar-refractivity contribution in [1.29, 1.82) is 0 Å². The highest BCUT2D eigenvalue weighted by Gasteiger charge is 2.39. The van der Waals surface area contributed by atoms with Crippen LogP contribution in [0.2, 0.25) is 0 Å². The standard InChI is InChI=1S/C11H18N4O3/c1-7-11(17,3-4-18-7)6-13-10(16)9-8(12)5-14-15(9)2/h5,7,17H,3-4,6,12H2,1-2H3,(H,13,16). The van der Waals surface area contributed by atoms with Gasteiger partial charge in [0.2, 0.25) is 0 Å². The van der Waals surface area contributed by atoms with Crippen LogP contribution in [-0.4, -0.2) is 45.7 Å². The van der Waals surface area contributed by atoms with Gasteiger partial charge in [-0.25, -0.2) is 0 Å². The number of anilines is 1. The summed E-state index contributed by atoms with van der Waals surface area (Å²) in [5.74, 6) is -0.347. The monoisotopic (exact) mass is 254 g/mol. The molecule has 2 rings (SSSR count). The Bertz CT molecular complexity index is 440. The Hall–Kier alpha value is -1.60. The number of aliphatic hydroxyl groups is 1. The molecule has 2 heterocycles. The van der Waals surface area contributed by atoms with Crippen LogP contribution in [0.1, 0.15) is 23.8 Å². The van der Waals surface area contributed by atoms with Gasteiger partial charge in [0.1, 0.15) is 11.3 Å². The summed E-state index contributed by atoms with van der Waals surface area (Å²) in [4.78, 5) is 11.9. The summed E-state index contributed by atoms with van der Waals surface area (Å²) in [7, 11) is 1.64. The summed E-state index contributed by atoms with van der Waals surface area (Å²) in [6, 6.07) is 0. The number of nitrogens with one attached hydrogen (secondary N) is 1. The van der Waals surface area contributed by atoms with Crippen LogP contribution in [-0.2, 0) is 11.8 Å². The van der Waals surface area contributed by atoms with E-state index in [9.17, 15) is 9.90 Å². The van der Waals surface area contributed by atoms with Gasteiger partial charge < -0.3 is 20.9 Å². The number of nitrogens with zero attached hydrogens (tertiary/aromatic N) is 2. The molecule has 0 bridgehead atoms. The van der Waals surface area contributed by atoms with Gasteiger partial charge in [-0.1, -0.05) is 0 Å². The van der Waals surface area contributed by atoms with Gasteiger partial charge in [0.25, 0.3) is 5.91 Å². The molecule has 1 saturated heterocycles. The Kier molecular flexibility index (Phi) is 3.27. The predicted molar refractivity (Wildman–Crippen MR) is 64.9 cm³/mol. The number of hydrogen-bond donors (Lipinski definition) is 3. The summed E-state index contributed by atoms with van der Waals surface area (Å²) in [6.45, 7) is 2.43. The van der Waals surface area contributed by atoms with Gasteiger partial charge in [-0.15, -0.1) is 0 Å². The third-order valence-electron chi connectivity index (χ3n) is 3.40. The Morgan fingerprint density at radius 2 is 2.56 bits per heavy atom. The van der Waals surface area contributed by atoms with Crippen molar-refractivity contribution in [3.8, 4) is 0 Å². The molecule has 0 spiro atoms. The molecule has 0 radical (unpaired) electrons. The van der Waals surface area contributed by atoms with Crippen molar-refractivity contribution in [2.24, 2.45) is 7.05 Å². The van der Waals surface area contributed by atoms with E-state index in [0.717, 1.165) is 0 Å². The predicted octanol–water partition coefficient (Wildman–Crippen LogP) is -0.728. The van der Waals surface area contributed by atoms with E-state index in [1.54, 1.807) is 14.0 Å². The smallest absolute Gasteiger partial charge is 0.271 e. The van der Waals surface area contributed by atoms with Crippen LogP contribution in [0, 0.1) is 0 Å². The van der Waals surface area contributed by atoms with Gasteiger partial charge in [-0.3, -0.25) is 9.48 Å². The minimum Gasteiger partial charge on any atom is -0.396 e. The van der Waals surface area contributed by atoms with Crippen molar-refractivity contribution in [2.45, 2.75) is 25.0 Å². The second kappa shape index (κ2) is 4.58. The molecule has 1 aliphatic rings. The Morgan fingerprint density at radius 3 is 3.06 bits per heavy atom. The SMILES string of the molecule is CC1OCCC1(O)CNC(=O)c1c(N)cnn1C. The lowest BCUT2D eigenvalue weighted by Crippen LogP contribution is -2.47. The summed E-state index contributed by atoms with van der Waals surface area (Å²) in [6.07, 6.45) is 1.64. The molecule has 1 aromatic rings. The molecule has 0 aromatic carbocycles. The summed E-state index contributed by atoms with van der Waals surface area (Å²) < 4.78 is 6.70. The van der Waals surface area contributed by atoms with Crippen LogP contribution >= 0.6 is 0 Å². The normalized spacial score (nSPS) is 27.4. The zero-order valence-corrected chi connectivity index (χ0v) is 10.5. The Morgan fingerprint density at radius 1 is 1.83 bits per heavy atom. The molecule has 0 aliphatic carbocycles. The number of nitrogen functional groups attached to an aromatic ring is 1. The van der Waals surface area contributed by atoms with E-state index < -0.39 is 5.60 Å². The number of carbonyl (C=O) groups excluding carboxylic acids is 1. The fourth-order valence-corrected chi connectivity index (χ4v) is 2.05. The van der Waals surface area contributed by atoms with Crippen molar-refractivity contribution in [3.05, 3.63) is 11.9 Å². The molecular formula is C11H18N4O3. The lowest BCUT2D eigenvalue weighted by molar-refractivity contribution is -0.0252. The van der Waals surface area contributed by atoms with Crippen LogP contribution < -0.4 is 11.1 Å². The number of nitrogens with two attached hydrogens (primary N) is 1. The maximum atomic E-state index is 11.9. The van der Waals surface area contributed by atoms with Crippen LogP contribution in [0.4, 0.5) is 5.69 Å². The number of aryl methyl sites for hydroxylation is 1. The molecule has 1 aromatic heterocycles. The lowest BCUT2D eigenvalue weighted by atomic mass is 9.97. The number of aromatic nitrogens is 2. The quantitative estimate of drug-likeness (QED) is 0.660. The van der Waals surface area contributed by atoms with Crippen molar-refractivity contribution < 1.29 is 14.6 Å². The van der Waals surface area contributed by atoms with Gasteiger partial charge >= 0.3 is 0 Å². The average Bonchev–Trinajstić information content (AvgIpc) is 2.82. The summed E-state index contributed by atoms with van der Waals surface area (Å²) in [5.41, 5.74) is 5.26. The largest absolute Gasteiger partial charge is 0.396 e. The van der Waals surface area contributed by atoms with Crippen LogP contribution in [0.25, 0.3) is 0 Å². The van der Waals surface area contributed by atoms with Gasteiger partial charge in [0.05, 0.1) is 18.0 Å². The molecular weight excluding hydrogens is 236 g/mol. The van der Waals surface area contributed by atoms with Crippen LogP contribution in [0.5, 0.6) is 0 Å². The minimum absolute atomic E-state index is 0.137. The molecule has 4 N–H and O–H groups in total. The topological polar surface area (TPSA) is 102 Å². The first-order chi connectivity index (χ1) is 8.44. The number of amides is 1. The number of rotatable bonds is 3. The number of carbonyl (C=O) groups is 1. The van der Waals surface area contributed by atoms with E-state index in [0.29, 0.717) is 24.4 Å². The molecule has 0 saturated carbocycles. The summed E-state index contributed by atoms with van der Waals surface area (Å²) >= 11 is 0. The molecule has 2 unspecified atom stereocenters. The van der Waals surface area contributed by atoms with Crippen LogP contribution in [0.15, 0.2) is 6.20 Å². The molecule has 2 atom stereocenters. The highest BCUT2D eigenvalue weighted by Crippen LogP contribution is 2.24. The third kappa shape index (κ3) is 2.19. The highest BCUT2D eigenvalue weighted by atomic mass is 16.5. The fourth-order valence-electron chi connectivity index (χ4n) is 2.05. The Balaban J connectivity index is 2.01. The number of ether oxygens (including phenoxy) is 1. The second-order valence-corrected chi connectivity index (χ2v) is 4.62. The summed E-state index contributed by atoms with van der Waals surface area (Å²) in [5, 5.41) is 16.8. The maximum absolute atomic E-state index is 11.9. The van der Waals surface area contributed by atoms with Gasteiger partial charge in [0, 0.05) is 26.6 Å². The first-order valence-corrected chi connectivity index (χ1v) is 5.84. The van der Waals surface area contributed by atoms with E-state index in [4.69, 9.17) is 10.5 Å². The van der Waals surface area contributed by atoms with Crippen molar-refractivity contribution in [3.63, 3.8) is 0 Å². The first kappa shape index (κ1) is 12.8. The van der Waals surface area contributed by atoms with Crippen molar-refractivity contribution in [2.75, 3.05) is 18.9 Å². The van der Waals surface area contributed by atoms with Gasteiger partial charge in [0.15, 0.2) is 0 Å². The molecule has 1 fully saturated rings. The zero-order chi connectivity index (χ0) is 13.3. The Labute approximate surface area is 105 Å². The van der Waals surface area contributed by atoms with E-state index in [2.05, 4.69) is 10.4 Å². The maximum Gasteiger partial charge on any atom is 0.271 e. The van der Waals surface area contributed by atoms with Gasteiger partial charge in [-0.05, 0) is 6.92 Å². The molecule has 100 valence electrons. The average molecular weight is 254 g/mol. The van der Waals surface area contributed by atoms with Crippen molar-refractivity contribution >= 4 is 11.6 Å². The van der Waals surface area contributed by atoms with E-state index in [1.807, 2.05) is 0 Å². The first-order valence-electron chi connectivity index (χ1n) is 5.84.